The molecule has 0 aromatic carbocycles. The second-order valence-corrected chi connectivity index (χ2v) is 15.7. The monoisotopic (exact) mass is 841 g/mol. The van der Waals surface area contributed by atoms with E-state index in [1.165, 1.54) is 16.9 Å². The highest BCUT2D eigenvalue weighted by atomic mass is 16.5. The first kappa shape index (κ1) is 41.0. The third-order valence-corrected chi connectivity index (χ3v) is 9.36. The molecule has 1 aliphatic carbocycles. The van der Waals surface area contributed by atoms with Crippen molar-refractivity contribution in [3.63, 3.8) is 0 Å². The number of aliphatic hydroxyl groups is 2. The molecular weight excluding hydrogens is 781 g/mol. The van der Waals surface area contributed by atoms with Crippen LogP contribution in [0.3, 0.4) is 0 Å². The standard InChI is InChI=1S/C22H29N7O2.C19H25N7O3.CH4/c1-14(25-12-22(2,3)13-30)16-11-26-29-19(23-4)10-18(28-20(16)29)27-17-6-5-9-24-21(17)31-15-7-8-15;1-19(2,11-27)10-22-17(28)12-9-23-26-15(20-3)8-14(25-16(12)26)24-13-6-5-7-21-18(13)29-4;/h5-6,9-11,15,23,25,30H,1,7-8,12-13H2,2-4H3,(H,27,28);5-9,20,27H,10-11H2,1-4H3,(H,22,28)(H,24,25);1H4/i;4D3;. The summed E-state index contributed by atoms with van der Waals surface area (Å²) in [6, 6.07) is 10.5. The number of carbonyl (C=O) groups excluding carboxylic acids is 1. The number of carbonyl (C=O) groups is 1. The first-order valence-electron chi connectivity index (χ1n) is 20.8. The fraction of sp³-hybridized carbons (Fsp3) is 0.405. The van der Waals surface area contributed by atoms with E-state index in [1.807, 2.05) is 52.9 Å². The molecule has 7 rings (SSSR count). The summed E-state index contributed by atoms with van der Waals surface area (Å²) < 4.78 is 36.0. The minimum atomic E-state index is -2.67. The van der Waals surface area contributed by atoms with Gasteiger partial charge >= 0.3 is 0 Å². The maximum Gasteiger partial charge on any atom is 0.256 e. The average Bonchev–Trinajstić information content (AvgIpc) is 3.80. The van der Waals surface area contributed by atoms with Gasteiger partial charge in [-0.05, 0) is 37.1 Å². The zero-order valence-corrected chi connectivity index (χ0v) is 34.5. The van der Waals surface area contributed by atoms with Gasteiger partial charge in [0.05, 0.1) is 29.1 Å². The Kier molecular flexibility index (Phi) is 13.2. The second-order valence-electron chi connectivity index (χ2n) is 15.7. The van der Waals surface area contributed by atoms with Gasteiger partial charge in [-0.2, -0.15) is 19.2 Å². The van der Waals surface area contributed by atoms with Gasteiger partial charge < -0.3 is 51.6 Å². The molecule has 0 atom stereocenters. The van der Waals surface area contributed by atoms with Crippen molar-refractivity contribution in [1.29, 1.82) is 0 Å². The highest BCUT2D eigenvalue weighted by molar-refractivity contribution is 6.00. The van der Waals surface area contributed by atoms with E-state index in [0.717, 1.165) is 29.9 Å². The molecule has 8 N–H and O–H groups in total. The number of hydrogen-bond donors (Lipinski definition) is 8. The number of anilines is 6. The smallest absolute Gasteiger partial charge is 0.256 e. The molecule has 0 bridgehead atoms. The van der Waals surface area contributed by atoms with Crippen molar-refractivity contribution < 1.29 is 28.6 Å². The van der Waals surface area contributed by atoms with Gasteiger partial charge in [-0.25, -0.2) is 19.9 Å². The number of pyridine rings is 2. The van der Waals surface area contributed by atoms with Gasteiger partial charge in [-0.3, -0.25) is 4.79 Å². The molecule has 1 saturated carbocycles. The van der Waals surface area contributed by atoms with Crippen LogP contribution in [0.1, 0.15) is 68.0 Å². The molecule has 61 heavy (non-hydrogen) atoms. The number of amides is 1. The van der Waals surface area contributed by atoms with Crippen LogP contribution < -0.4 is 41.4 Å². The molecule has 0 radical (unpaired) electrons. The SMILES string of the molecule is C.C=C(NCC(C)(C)CO)c1cnn2c(NC)cc(Nc3cccnc3OC3CC3)nc12.[2H]C([2H])([2H])Oc1ncccc1Nc1cc(NC)n2ncc(C(=O)NCC(C)(C)CO)c2n1. The first-order chi connectivity index (χ1) is 29.9. The number of rotatable bonds is 18. The van der Waals surface area contributed by atoms with Gasteiger partial charge in [0.15, 0.2) is 11.3 Å². The van der Waals surface area contributed by atoms with Crippen LogP contribution in [-0.4, -0.2) is 109 Å². The van der Waals surface area contributed by atoms with E-state index in [9.17, 15) is 15.0 Å². The van der Waals surface area contributed by atoms with Crippen LogP contribution in [0.25, 0.3) is 17.0 Å². The van der Waals surface area contributed by atoms with E-state index in [0.29, 0.717) is 41.2 Å². The molecule has 1 fully saturated rings. The second kappa shape index (κ2) is 19.6. The van der Waals surface area contributed by atoms with E-state index >= 15 is 0 Å². The highest BCUT2D eigenvalue weighted by Crippen LogP contribution is 2.33. The molecule has 0 aliphatic heterocycles. The van der Waals surface area contributed by atoms with Crippen LogP contribution in [0, 0.1) is 10.8 Å². The molecule has 19 heteroatoms. The molecule has 0 saturated heterocycles. The minimum Gasteiger partial charge on any atom is -0.480 e. The fourth-order valence-electron chi connectivity index (χ4n) is 5.52. The number of hydrogen-bond acceptors (Lipinski definition) is 16. The Morgan fingerprint density at radius 2 is 1.34 bits per heavy atom. The Balaban J connectivity index is 0.000000237. The number of nitrogens with one attached hydrogen (secondary N) is 6. The predicted molar refractivity (Wildman–Crippen MR) is 238 cm³/mol. The summed E-state index contributed by atoms with van der Waals surface area (Å²) in [5, 5.41) is 46.1. The van der Waals surface area contributed by atoms with Crippen molar-refractivity contribution in [2.45, 2.75) is 54.1 Å². The molecule has 1 aliphatic rings. The summed E-state index contributed by atoms with van der Waals surface area (Å²) in [6.07, 6.45) is 8.64. The van der Waals surface area contributed by atoms with Gasteiger partial charge in [-0.1, -0.05) is 41.7 Å². The summed E-state index contributed by atoms with van der Waals surface area (Å²) in [6.45, 7) is 12.6. The molecular formula is C42H58N14O5. The maximum atomic E-state index is 12.7. The lowest BCUT2D eigenvalue weighted by atomic mass is 9.95. The Morgan fingerprint density at radius 1 is 0.836 bits per heavy atom. The number of aliphatic hydroxyl groups excluding tert-OH is 2. The zero-order chi connectivity index (χ0) is 45.5. The molecule has 6 aromatic heterocycles. The van der Waals surface area contributed by atoms with Gasteiger partial charge in [0, 0.05) is 81.5 Å². The fourth-order valence-corrected chi connectivity index (χ4v) is 5.52. The summed E-state index contributed by atoms with van der Waals surface area (Å²) in [7, 11) is 0.858. The van der Waals surface area contributed by atoms with Crippen LogP contribution in [0.15, 0.2) is 67.8 Å². The Morgan fingerprint density at radius 3 is 1.87 bits per heavy atom. The topological polar surface area (TPSA) is 234 Å². The van der Waals surface area contributed by atoms with Gasteiger partial charge in [-0.15, -0.1) is 0 Å². The van der Waals surface area contributed by atoms with E-state index in [2.05, 4.69) is 63.6 Å². The van der Waals surface area contributed by atoms with Crippen molar-refractivity contribution in [2.24, 2.45) is 10.8 Å². The van der Waals surface area contributed by atoms with Crippen LogP contribution in [0.2, 0.25) is 0 Å². The molecule has 6 aromatic rings. The third kappa shape index (κ3) is 11.1. The number of fused-ring (bicyclic) bond motifs is 2. The van der Waals surface area contributed by atoms with Crippen LogP contribution >= 0.6 is 0 Å². The van der Waals surface area contributed by atoms with Gasteiger partial charge in [0.2, 0.25) is 11.8 Å². The molecule has 0 spiro atoms. The largest absolute Gasteiger partial charge is 0.480 e. The Bertz CT molecular complexity index is 2560. The molecule has 326 valence electrons. The number of nitrogens with zero attached hydrogens (tertiary/aromatic N) is 8. The molecule has 0 unspecified atom stereocenters. The minimum absolute atomic E-state index is 0. The summed E-state index contributed by atoms with van der Waals surface area (Å²) >= 11 is 0. The summed E-state index contributed by atoms with van der Waals surface area (Å²) in [5.41, 5.74) is 2.97. The number of aromatic nitrogens is 8. The van der Waals surface area contributed by atoms with Gasteiger partial charge in [0.1, 0.15) is 46.3 Å². The number of methoxy groups -OCH3 is 1. The molecule has 19 nitrogen and oxygen atoms in total. The maximum absolute atomic E-state index is 12.7. The first-order valence-corrected chi connectivity index (χ1v) is 19.3. The normalized spacial score (nSPS) is 13.3. The third-order valence-electron chi connectivity index (χ3n) is 9.36. The van der Waals surface area contributed by atoms with E-state index in [1.54, 1.807) is 42.2 Å². The van der Waals surface area contributed by atoms with Crippen LogP contribution in [-0.2, 0) is 0 Å². The quantitative estimate of drug-likeness (QED) is 0.0546. The van der Waals surface area contributed by atoms with Crippen molar-refractivity contribution in [1.82, 2.24) is 49.8 Å². The molecule has 1 amide bonds. The zero-order valence-electron chi connectivity index (χ0n) is 37.5. The summed E-state index contributed by atoms with van der Waals surface area (Å²) in [5.74, 6) is 2.33. The van der Waals surface area contributed by atoms with Crippen LogP contribution in [0.4, 0.5) is 34.6 Å². The lowest BCUT2D eigenvalue weighted by Gasteiger charge is -2.23. The van der Waals surface area contributed by atoms with E-state index in [-0.39, 0.29) is 67.4 Å². The van der Waals surface area contributed by atoms with Crippen LogP contribution in [0.5, 0.6) is 11.8 Å². The lowest BCUT2D eigenvalue weighted by molar-refractivity contribution is 0.0912. The van der Waals surface area contributed by atoms with Crippen molar-refractivity contribution in [2.75, 3.05) is 68.7 Å². The average molecular weight is 842 g/mol. The van der Waals surface area contributed by atoms with E-state index < -0.39 is 12.5 Å². The van der Waals surface area contributed by atoms with Crippen molar-refractivity contribution in [3.05, 3.63) is 78.9 Å². The number of ether oxygens (including phenoxy) is 2. The lowest BCUT2D eigenvalue weighted by Crippen LogP contribution is -2.36. The van der Waals surface area contributed by atoms with E-state index in [4.69, 9.17) is 18.6 Å². The predicted octanol–water partition coefficient (Wildman–Crippen LogP) is 5.33. The van der Waals surface area contributed by atoms with Crippen molar-refractivity contribution >= 4 is 57.5 Å². The van der Waals surface area contributed by atoms with Crippen molar-refractivity contribution in [3.8, 4) is 11.8 Å². The van der Waals surface area contributed by atoms with Gasteiger partial charge in [0.25, 0.3) is 5.91 Å². The Labute approximate surface area is 359 Å². The highest BCUT2D eigenvalue weighted by Gasteiger charge is 2.26. The molecule has 6 heterocycles. The summed E-state index contributed by atoms with van der Waals surface area (Å²) in [4.78, 5) is 30.3. The Hall–Kier alpha value is -6.73.